The minimum atomic E-state index is 0.468. The summed E-state index contributed by atoms with van der Waals surface area (Å²) >= 11 is 0. The van der Waals surface area contributed by atoms with E-state index in [4.69, 9.17) is 0 Å². The second-order valence-electron chi connectivity index (χ2n) is 6.30. The van der Waals surface area contributed by atoms with Gasteiger partial charge in [-0.05, 0) is 36.4 Å². The summed E-state index contributed by atoms with van der Waals surface area (Å²) in [5.74, 6) is 0. The lowest BCUT2D eigenvalue weighted by Crippen LogP contribution is -2.32. The fourth-order valence-corrected chi connectivity index (χ4v) is 2.45. The molecule has 0 aromatic carbocycles. The van der Waals surface area contributed by atoms with Crippen LogP contribution < -0.4 is 0 Å². The molecule has 0 fully saturated rings. The number of rotatable bonds is 3. The molecule has 1 aliphatic rings. The highest BCUT2D eigenvalue weighted by atomic mass is 15.1. The van der Waals surface area contributed by atoms with Crippen LogP contribution in [-0.2, 0) is 13.0 Å². The van der Waals surface area contributed by atoms with Gasteiger partial charge in [0.1, 0.15) is 0 Å². The lowest BCUT2D eigenvalue weighted by atomic mass is 9.90. The van der Waals surface area contributed by atoms with E-state index in [1.165, 1.54) is 37.2 Å². The molecule has 1 aliphatic heterocycles. The van der Waals surface area contributed by atoms with Crippen LogP contribution in [0.5, 0.6) is 0 Å². The lowest BCUT2D eigenvalue weighted by Gasteiger charge is -2.29. The van der Waals surface area contributed by atoms with Gasteiger partial charge in [-0.3, -0.25) is 9.88 Å². The van der Waals surface area contributed by atoms with Gasteiger partial charge in [0, 0.05) is 31.4 Å². The number of fused-ring (bicyclic) bond motifs is 1. The van der Waals surface area contributed by atoms with Gasteiger partial charge >= 0.3 is 0 Å². The van der Waals surface area contributed by atoms with E-state index < -0.39 is 0 Å². The third-order valence-corrected chi connectivity index (χ3v) is 3.44. The molecule has 1 aromatic heterocycles. The van der Waals surface area contributed by atoms with Crippen LogP contribution in [0.2, 0.25) is 0 Å². The number of hydrogen-bond acceptors (Lipinski definition) is 2. The van der Waals surface area contributed by atoms with E-state index in [0.29, 0.717) is 5.41 Å². The first-order valence-corrected chi connectivity index (χ1v) is 6.70. The summed E-state index contributed by atoms with van der Waals surface area (Å²) in [5.41, 5.74) is 3.20. The van der Waals surface area contributed by atoms with E-state index in [-0.39, 0.29) is 0 Å². The van der Waals surface area contributed by atoms with Crippen molar-refractivity contribution in [2.45, 2.75) is 46.6 Å². The van der Waals surface area contributed by atoms with Gasteiger partial charge in [0.15, 0.2) is 0 Å². The highest BCUT2D eigenvalue weighted by Gasteiger charge is 2.17. The summed E-state index contributed by atoms with van der Waals surface area (Å²) < 4.78 is 0. The SMILES string of the molecule is CC(C)(C)CCCN1CCc2ncccc2C1. The van der Waals surface area contributed by atoms with Crippen molar-refractivity contribution in [1.82, 2.24) is 9.88 Å². The summed E-state index contributed by atoms with van der Waals surface area (Å²) in [5, 5.41) is 0. The van der Waals surface area contributed by atoms with Crippen LogP contribution in [0.25, 0.3) is 0 Å². The lowest BCUT2D eigenvalue weighted by molar-refractivity contribution is 0.230. The first kappa shape index (κ1) is 12.6. The molecule has 0 bridgehead atoms. The van der Waals surface area contributed by atoms with Gasteiger partial charge in [-0.15, -0.1) is 0 Å². The van der Waals surface area contributed by atoms with Crippen molar-refractivity contribution in [3.8, 4) is 0 Å². The number of aromatic nitrogens is 1. The Balaban J connectivity index is 1.82. The summed E-state index contributed by atoms with van der Waals surface area (Å²) in [6.07, 6.45) is 5.64. The van der Waals surface area contributed by atoms with Crippen LogP contribution in [0.15, 0.2) is 18.3 Å². The highest BCUT2D eigenvalue weighted by Crippen LogP contribution is 2.22. The van der Waals surface area contributed by atoms with Crippen molar-refractivity contribution in [3.63, 3.8) is 0 Å². The van der Waals surface area contributed by atoms with Crippen LogP contribution in [-0.4, -0.2) is 23.0 Å². The van der Waals surface area contributed by atoms with Crippen LogP contribution >= 0.6 is 0 Å². The minimum absolute atomic E-state index is 0.468. The van der Waals surface area contributed by atoms with Crippen molar-refractivity contribution >= 4 is 0 Å². The average molecular weight is 232 g/mol. The molecule has 94 valence electrons. The Hall–Kier alpha value is -0.890. The maximum atomic E-state index is 4.45. The molecule has 0 amide bonds. The van der Waals surface area contributed by atoms with E-state index in [0.717, 1.165) is 13.0 Å². The van der Waals surface area contributed by atoms with Gasteiger partial charge < -0.3 is 0 Å². The smallest absolute Gasteiger partial charge is 0.0461 e. The molecule has 1 aromatic rings. The molecule has 2 heteroatoms. The monoisotopic (exact) mass is 232 g/mol. The van der Waals surface area contributed by atoms with Crippen LogP contribution in [0.4, 0.5) is 0 Å². The van der Waals surface area contributed by atoms with Crippen LogP contribution in [0.3, 0.4) is 0 Å². The zero-order valence-electron chi connectivity index (χ0n) is 11.4. The molecule has 0 atom stereocenters. The molecule has 0 spiro atoms. The van der Waals surface area contributed by atoms with Crippen molar-refractivity contribution in [2.24, 2.45) is 5.41 Å². The molecular weight excluding hydrogens is 208 g/mol. The zero-order valence-corrected chi connectivity index (χ0v) is 11.4. The van der Waals surface area contributed by atoms with Crippen molar-refractivity contribution in [1.29, 1.82) is 0 Å². The maximum Gasteiger partial charge on any atom is 0.0461 e. The molecule has 17 heavy (non-hydrogen) atoms. The molecule has 0 radical (unpaired) electrons. The molecule has 0 unspecified atom stereocenters. The molecular formula is C15H24N2. The standard InChI is InChI=1S/C15H24N2/c1-15(2,3)8-5-10-17-11-7-14-13(12-17)6-4-9-16-14/h4,6,9H,5,7-8,10-12H2,1-3H3. The second-order valence-corrected chi connectivity index (χ2v) is 6.30. The van der Waals surface area contributed by atoms with Gasteiger partial charge in [-0.25, -0.2) is 0 Å². The first-order valence-electron chi connectivity index (χ1n) is 6.70. The van der Waals surface area contributed by atoms with E-state index >= 15 is 0 Å². The summed E-state index contributed by atoms with van der Waals surface area (Å²) in [6.45, 7) is 10.5. The van der Waals surface area contributed by atoms with Crippen LogP contribution in [0, 0.1) is 5.41 Å². The van der Waals surface area contributed by atoms with Gasteiger partial charge in [-0.1, -0.05) is 26.8 Å². The zero-order chi connectivity index (χ0) is 12.3. The largest absolute Gasteiger partial charge is 0.299 e. The molecule has 0 aliphatic carbocycles. The van der Waals surface area contributed by atoms with Gasteiger partial charge in [0.05, 0.1) is 0 Å². The summed E-state index contributed by atoms with van der Waals surface area (Å²) in [4.78, 5) is 7.01. The molecule has 0 N–H and O–H groups in total. The Morgan fingerprint density at radius 2 is 2.18 bits per heavy atom. The predicted octanol–water partition coefficient (Wildman–Crippen LogP) is 3.27. The quantitative estimate of drug-likeness (QED) is 0.795. The number of hydrogen-bond donors (Lipinski definition) is 0. The van der Waals surface area contributed by atoms with Crippen molar-refractivity contribution < 1.29 is 0 Å². The topological polar surface area (TPSA) is 16.1 Å². The Morgan fingerprint density at radius 3 is 2.94 bits per heavy atom. The second kappa shape index (κ2) is 5.18. The van der Waals surface area contributed by atoms with Crippen molar-refractivity contribution in [3.05, 3.63) is 29.6 Å². The Labute approximate surface area is 105 Å². The molecule has 0 saturated carbocycles. The Bertz CT molecular complexity index is 365. The summed E-state index contributed by atoms with van der Waals surface area (Å²) in [7, 11) is 0. The highest BCUT2D eigenvalue weighted by molar-refractivity contribution is 5.22. The Morgan fingerprint density at radius 1 is 1.35 bits per heavy atom. The molecule has 2 heterocycles. The van der Waals surface area contributed by atoms with Gasteiger partial charge in [-0.2, -0.15) is 0 Å². The van der Waals surface area contributed by atoms with Crippen molar-refractivity contribution in [2.75, 3.05) is 13.1 Å². The van der Waals surface area contributed by atoms with E-state index in [1.54, 1.807) is 0 Å². The minimum Gasteiger partial charge on any atom is -0.299 e. The predicted molar refractivity (Wildman–Crippen MR) is 71.9 cm³/mol. The summed E-state index contributed by atoms with van der Waals surface area (Å²) in [6, 6.07) is 4.27. The number of pyridine rings is 1. The number of nitrogens with zero attached hydrogens (tertiary/aromatic N) is 2. The first-order chi connectivity index (χ1) is 8.04. The average Bonchev–Trinajstić information content (AvgIpc) is 2.27. The fraction of sp³-hybridized carbons (Fsp3) is 0.667. The van der Waals surface area contributed by atoms with Gasteiger partial charge in [0.25, 0.3) is 0 Å². The van der Waals surface area contributed by atoms with E-state index in [1.807, 2.05) is 6.20 Å². The Kier molecular flexibility index (Phi) is 3.82. The van der Waals surface area contributed by atoms with E-state index in [9.17, 15) is 0 Å². The normalized spacial score (nSPS) is 16.9. The third kappa shape index (κ3) is 3.81. The molecule has 0 saturated heterocycles. The molecule has 2 rings (SSSR count). The third-order valence-electron chi connectivity index (χ3n) is 3.44. The van der Waals surface area contributed by atoms with Gasteiger partial charge in [0.2, 0.25) is 0 Å². The molecule has 2 nitrogen and oxygen atoms in total. The van der Waals surface area contributed by atoms with E-state index in [2.05, 4.69) is 42.8 Å². The fourth-order valence-electron chi connectivity index (χ4n) is 2.45. The maximum absolute atomic E-state index is 4.45. The van der Waals surface area contributed by atoms with Crippen LogP contribution in [0.1, 0.15) is 44.9 Å².